The number of nitrogen functional groups attached to an aromatic ring is 1. The molecule has 7 unspecified atom stereocenters. The van der Waals surface area contributed by atoms with Crippen molar-refractivity contribution in [1.29, 1.82) is 10.5 Å². The number of aryl methyl sites for hydroxylation is 2. The van der Waals surface area contributed by atoms with Crippen LogP contribution in [0.25, 0.3) is 11.4 Å². The first-order chi connectivity index (χ1) is 62.4. The van der Waals surface area contributed by atoms with Crippen molar-refractivity contribution >= 4 is 66.1 Å². The van der Waals surface area contributed by atoms with Gasteiger partial charge in [0.25, 0.3) is 11.4 Å². The average Bonchev–Trinajstić information content (AvgIpc) is 1.70. The van der Waals surface area contributed by atoms with Crippen molar-refractivity contribution < 1.29 is 113 Å². The second-order valence-corrected chi connectivity index (χ2v) is 30.1. The van der Waals surface area contributed by atoms with Gasteiger partial charge in [0, 0.05) is 144 Å². The molecule has 36 nitrogen and oxygen atoms in total. The molecule has 1 saturated carbocycles. The monoisotopic (exact) mass is 1950 g/mol. The Morgan fingerprint density at radius 3 is 1.33 bits per heavy atom. The van der Waals surface area contributed by atoms with Gasteiger partial charge < -0.3 is 76.0 Å². The summed E-state index contributed by atoms with van der Waals surface area (Å²) in [4.78, 5) is 54.4. The Morgan fingerprint density at radius 1 is 0.582 bits per heavy atom. The number of nitrogens with zero attached hydrogens (tertiary/aromatic N) is 16. The zero-order valence-corrected chi connectivity index (χ0v) is 81.8. The van der Waals surface area contributed by atoms with E-state index < -0.39 is 34.1 Å². The number of hydrogen-bond donors (Lipinski definition) is 9. The molecule has 6 aromatic heterocycles. The van der Waals surface area contributed by atoms with E-state index in [2.05, 4.69) is 78.4 Å². The number of non-ortho nitro benzene ring substituents is 2. The zero-order chi connectivity index (χ0) is 95.8. The van der Waals surface area contributed by atoms with Crippen molar-refractivity contribution in [3.63, 3.8) is 0 Å². The van der Waals surface area contributed by atoms with Gasteiger partial charge in [-0.25, -0.2) is 32.9 Å². The van der Waals surface area contributed by atoms with Crippen LogP contribution in [0.15, 0.2) is 207 Å². The molecule has 134 heavy (non-hydrogen) atoms. The Bertz CT molecular complexity index is 5540. The maximum absolute atomic E-state index is 13.3. The summed E-state index contributed by atoms with van der Waals surface area (Å²) < 4.78 is 32.5. The van der Waals surface area contributed by atoms with E-state index >= 15 is 0 Å². The standard InChI is InChI=1S/C27H27N5O3.C14H17N3O4.C14H19N3O2.C12H9N3O2.C7H11IN2O.C7H5NO3.C4H13N3.C4H9N.C4H9.CH4.B.Li.Na.H/c1-4-35-19(3)31-17-23(16-29-31)27(34)22-9-5-7-20(12-22)14-26(33)25-11-18(2)30-32(25)24-10-6-8-21(13-24)15-28;1-3-21-10(2)16-9-12(8-15-16)14(18)11-5-4-6-13(7-11)17(19)20;1-3-19-10(2)17-9-12(8-16-17)14(18)11-5-4-6-13(15)7-11;1-8-5-11(12(16)17)15(14-8)10-4-2-3-9(6-10)7-13;1-3-11-6(2)10-5-7(8)4-9-10;9-5-6-2-1-3-7(4-6)8(10)11;5-1-3-7-4-2-6;5-3-4-1-2-4;1-3-4-2;;;;;/h5-13,16-17,19,27,34H,4,14H2,1-3H3;4-10,14,18H,3H2,1-2H3;4-10,14,18H,3,15H2,1-2H3;2-6H,1H3,(H,16,17);4-6H,3H2,1-2H3;1-5H;7H,1-6H2;4H,1-3,5H2;1,3-4H2,2H3;1H4;;;;/q;;;;;;;;-1;;;2*+1;-1. The Hall–Kier alpha value is -11.1. The van der Waals surface area contributed by atoms with Crippen LogP contribution in [0.3, 0.4) is 0 Å². The van der Waals surface area contributed by atoms with Gasteiger partial charge in [-0.1, -0.05) is 93.6 Å². The average molecular weight is 1960 g/mol. The number of carbonyl (C=O) groups excluding carboxylic acids is 2. The van der Waals surface area contributed by atoms with Crippen LogP contribution >= 0.6 is 22.6 Å². The van der Waals surface area contributed by atoms with E-state index in [9.17, 15) is 55.2 Å². The van der Waals surface area contributed by atoms with Gasteiger partial charge >= 0.3 is 54.4 Å². The summed E-state index contributed by atoms with van der Waals surface area (Å²) in [5, 5.41) is 108. The minimum atomic E-state index is -1.05. The number of hydrogen-bond acceptors (Lipinski definition) is 27. The number of nitro groups is 2. The summed E-state index contributed by atoms with van der Waals surface area (Å²) in [5.74, 6) is -0.249. The van der Waals surface area contributed by atoms with E-state index in [1.165, 1.54) is 72.6 Å². The first-order valence-corrected chi connectivity index (χ1v) is 43.2. The van der Waals surface area contributed by atoms with Crippen LogP contribution in [0.1, 0.15) is 233 Å². The van der Waals surface area contributed by atoms with E-state index in [1.54, 1.807) is 129 Å². The van der Waals surface area contributed by atoms with Crippen molar-refractivity contribution in [2.45, 2.75) is 159 Å². The molecule has 12 aromatic rings. The number of aromatic carboxylic acids is 1. The summed E-state index contributed by atoms with van der Waals surface area (Å²) in [6, 6.07) is 47.0. The Kier molecular flexibility index (Phi) is 59.2. The summed E-state index contributed by atoms with van der Waals surface area (Å²) in [6.45, 7) is 31.1. The van der Waals surface area contributed by atoms with Crippen molar-refractivity contribution in [3.05, 3.63) is 316 Å². The van der Waals surface area contributed by atoms with Crippen molar-refractivity contribution in [2.24, 2.45) is 23.1 Å². The molecule has 13 rings (SSSR count). The van der Waals surface area contributed by atoms with Crippen LogP contribution in [0.2, 0.25) is 0 Å². The predicted octanol–water partition coefficient (Wildman–Crippen LogP) is 8.89. The molecule has 0 aliphatic heterocycles. The number of ether oxygens (including phenoxy) is 4. The van der Waals surface area contributed by atoms with Crippen molar-refractivity contribution in [3.8, 4) is 23.5 Å². The smallest absolute Gasteiger partial charge is 1.00 e. The zero-order valence-electron chi connectivity index (χ0n) is 78.6. The summed E-state index contributed by atoms with van der Waals surface area (Å²) in [6.07, 6.45) is 16.4. The summed E-state index contributed by atoms with van der Waals surface area (Å²) >= 11 is 2.22. The number of aromatic nitrogens is 12. The van der Waals surface area contributed by atoms with E-state index in [4.69, 9.17) is 52.3 Å². The number of aliphatic hydroxyl groups excluding tert-OH is 3. The molecule has 7 atom stereocenters. The van der Waals surface area contributed by atoms with E-state index in [-0.39, 0.29) is 120 Å². The third-order valence-electron chi connectivity index (χ3n) is 18.6. The number of rotatable bonds is 33. The molecule has 6 heterocycles. The number of carboxylic acids is 1. The fourth-order valence-corrected chi connectivity index (χ4v) is 12.1. The minimum Gasteiger partial charge on any atom is -1.00 e. The number of nitrogens with one attached hydrogen (secondary N) is 1. The third-order valence-corrected chi connectivity index (χ3v) is 19.2. The fraction of sp³-hybridized carbons (Fsp3) is 0.362. The van der Waals surface area contributed by atoms with Gasteiger partial charge in [-0.3, -0.25) is 29.8 Å². The number of nitrogens with two attached hydrogens (primary N) is 4. The third kappa shape index (κ3) is 41.4. The molecule has 1 aliphatic carbocycles. The molecule has 40 heteroatoms. The fourth-order valence-electron chi connectivity index (χ4n) is 11.7. The number of aldehydes is 1. The van der Waals surface area contributed by atoms with E-state index in [0.717, 1.165) is 58.8 Å². The molecule has 0 amide bonds. The maximum Gasteiger partial charge on any atom is 1.00 e. The predicted molar refractivity (Wildman–Crippen MR) is 516 cm³/mol. The molecule has 1 fully saturated rings. The van der Waals surface area contributed by atoms with Crippen LogP contribution in [-0.2, 0) is 25.4 Å². The molecular weight excluding hydrogens is 1830 g/mol. The van der Waals surface area contributed by atoms with Crippen LogP contribution < -0.4 is 76.7 Å². The number of benzene rings is 6. The number of aliphatic hydroxyl groups is 3. The number of carboxylic acid groups (broad SMARTS) is 1. The largest absolute Gasteiger partial charge is 1.00 e. The first-order valence-electron chi connectivity index (χ1n) is 42.1. The summed E-state index contributed by atoms with van der Waals surface area (Å²) in [7, 11) is 0. The number of Topliss-reactive ketones (excluding diaryl/α,β-unsaturated/α-hetero) is 1. The Labute approximate surface area is 834 Å². The van der Waals surface area contributed by atoms with E-state index in [0.29, 0.717) is 112 Å². The second kappa shape index (κ2) is 65.5. The summed E-state index contributed by atoms with van der Waals surface area (Å²) in [5.41, 5.74) is 30.7. The molecule has 3 radical (unpaired) electrons. The topological polar surface area (TPSA) is 526 Å². The molecule has 6 aromatic carbocycles. The van der Waals surface area contributed by atoms with E-state index in [1.807, 2.05) is 128 Å². The number of carbonyl (C=O) groups is 3. The van der Waals surface area contributed by atoms with Gasteiger partial charge in [-0.15, -0.1) is 0 Å². The molecule has 13 N–H and O–H groups in total. The number of halogens is 1. The molecule has 0 saturated heterocycles. The number of unbranched alkanes of at least 4 members (excludes halogenated alkanes) is 1. The molecule has 0 bridgehead atoms. The first kappa shape index (κ1) is 121. The number of ketones is 1. The van der Waals surface area contributed by atoms with Crippen molar-refractivity contribution in [1.82, 2.24) is 64.0 Å². The van der Waals surface area contributed by atoms with Crippen molar-refractivity contribution in [2.75, 3.05) is 64.9 Å². The van der Waals surface area contributed by atoms with Crippen LogP contribution in [0, 0.1) is 73.2 Å². The maximum atomic E-state index is 13.3. The van der Waals surface area contributed by atoms with Gasteiger partial charge in [-0.05, 0) is 200 Å². The number of anilines is 1. The normalized spacial score (nSPS) is 12.2. The SMILES string of the molecule is C.CCOC(C)n1cc(C(O)c2cccc(CC(=O)c3cc(C)nn3-c3cccc(C#N)c3)c2)cn1.CCOC(C)n1cc(C(O)c2cccc(N)c2)cn1.CCOC(C)n1cc(C(O)c2cccc([N+](=O)[O-])c2)cn1.CCOC(C)n1cc(I)cn1.Cc1cc(C(=O)O)n(-c2cccc(C#N)c2)n1.NCC1CC1.NCCNCCN.O=Cc1cccc([N+](=O)[O-])c1.[B].[CH2-]CCC.[H-].[Li+].[Na+]. The molecule has 707 valence electrons. The molecule has 0 spiro atoms. The quantitative estimate of drug-likeness (QED) is 0.00213. The number of nitriles is 2. The van der Waals surface area contributed by atoms with Gasteiger partial charge in [-0.2, -0.15) is 47.5 Å². The van der Waals surface area contributed by atoms with Gasteiger partial charge in [0.05, 0.1) is 84.2 Å². The number of nitro benzene ring substituents is 2. The van der Waals surface area contributed by atoms with Crippen LogP contribution in [0.5, 0.6) is 0 Å². The Morgan fingerprint density at radius 2 is 0.963 bits per heavy atom. The Balaban J connectivity index is 0.00000159. The molecular formula is C94H124BILiN21NaO15. The van der Waals surface area contributed by atoms with Gasteiger partial charge in [0.15, 0.2) is 11.5 Å². The minimum absolute atomic E-state index is 0. The molecule has 1 aliphatic rings. The van der Waals surface area contributed by atoms with Gasteiger partial charge in [0.2, 0.25) is 0 Å². The van der Waals surface area contributed by atoms with Crippen LogP contribution in [-0.4, -0.2) is 175 Å². The van der Waals surface area contributed by atoms with Crippen LogP contribution in [0.4, 0.5) is 17.1 Å². The second-order valence-electron chi connectivity index (χ2n) is 28.8. The van der Waals surface area contributed by atoms with Gasteiger partial charge in [0.1, 0.15) is 55.2 Å².